The van der Waals surface area contributed by atoms with E-state index >= 15 is 0 Å². The summed E-state index contributed by atoms with van der Waals surface area (Å²) in [5, 5.41) is 0. The van der Waals surface area contributed by atoms with Gasteiger partial charge in [-0.2, -0.15) is 0 Å². The number of hydrogen-bond donors (Lipinski definition) is 1. The van der Waals surface area contributed by atoms with Crippen molar-refractivity contribution in [2.24, 2.45) is 0 Å². The number of carbonyl (C=O) groups excluding carboxylic acids is 2. The number of carbonyl (C=O) groups is 2. The van der Waals surface area contributed by atoms with E-state index in [1.807, 2.05) is 0 Å². The second-order valence-electron chi connectivity index (χ2n) is 12.2. The summed E-state index contributed by atoms with van der Waals surface area (Å²) in [5.41, 5.74) is 0. The Hall–Kier alpha value is -1.99. The zero-order valence-corrected chi connectivity index (χ0v) is 31.5. The summed E-state index contributed by atoms with van der Waals surface area (Å²) in [6.07, 6.45) is 38.8. The van der Waals surface area contributed by atoms with Crippen LogP contribution in [0.2, 0.25) is 0 Å². The molecule has 0 aromatic rings. The highest BCUT2D eigenvalue weighted by Gasteiger charge is 2.25. The van der Waals surface area contributed by atoms with Crippen molar-refractivity contribution in [2.75, 3.05) is 19.8 Å². The van der Waals surface area contributed by atoms with Crippen molar-refractivity contribution >= 4 is 19.8 Å². The zero-order valence-electron chi connectivity index (χ0n) is 30.6. The van der Waals surface area contributed by atoms with Gasteiger partial charge in [-0.25, -0.2) is 4.57 Å². The van der Waals surface area contributed by atoms with E-state index in [1.54, 1.807) is 6.92 Å². The predicted octanol–water partition coefficient (Wildman–Crippen LogP) is 11.4. The van der Waals surface area contributed by atoms with Gasteiger partial charge in [-0.3, -0.25) is 18.6 Å². The van der Waals surface area contributed by atoms with Crippen molar-refractivity contribution in [3.8, 4) is 0 Å². The first-order valence-corrected chi connectivity index (χ1v) is 20.4. The van der Waals surface area contributed by atoms with Gasteiger partial charge in [-0.1, -0.05) is 140 Å². The molecule has 0 amide bonds. The lowest BCUT2D eigenvalue weighted by molar-refractivity contribution is -0.161. The summed E-state index contributed by atoms with van der Waals surface area (Å²) in [5.74, 6) is -0.819. The van der Waals surface area contributed by atoms with Crippen LogP contribution in [0.15, 0.2) is 48.6 Å². The molecule has 0 aliphatic rings. The van der Waals surface area contributed by atoms with Crippen LogP contribution in [0, 0.1) is 0 Å². The number of phosphoric acid groups is 1. The van der Waals surface area contributed by atoms with Crippen molar-refractivity contribution in [1.29, 1.82) is 0 Å². The van der Waals surface area contributed by atoms with Gasteiger partial charge in [0.25, 0.3) is 0 Å². The molecule has 0 saturated heterocycles. The fourth-order valence-electron chi connectivity index (χ4n) is 4.91. The molecule has 2 unspecified atom stereocenters. The van der Waals surface area contributed by atoms with E-state index in [9.17, 15) is 19.0 Å². The van der Waals surface area contributed by atoms with Gasteiger partial charge < -0.3 is 14.4 Å². The Labute approximate surface area is 293 Å². The summed E-state index contributed by atoms with van der Waals surface area (Å²) >= 11 is 0. The summed E-state index contributed by atoms with van der Waals surface area (Å²) in [6.45, 7) is 5.30. The Bertz CT molecular complexity index is 927. The smallest absolute Gasteiger partial charge is 0.462 e. The number of rotatable bonds is 34. The van der Waals surface area contributed by atoms with Crippen LogP contribution in [0.3, 0.4) is 0 Å². The monoisotopic (exact) mass is 696 g/mol. The molecule has 278 valence electrons. The van der Waals surface area contributed by atoms with Crippen molar-refractivity contribution in [2.45, 2.75) is 168 Å². The molecule has 2 atom stereocenters. The maximum absolute atomic E-state index is 12.5. The Morgan fingerprint density at radius 2 is 1.06 bits per heavy atom. The fraction of sp³-hybridized carbons (Fsp3) is 0.744. The molecular weight excluding hydrogens is 627 g/mol. The van der Waals surface area contributed by atoms with E-state index in [0.717, 1.165) is 83.5 Å². The molecule has 0 aromatic heterocycles. The lowest BCUT2D eigenvalue weighted by atomic mass is 10.1. The predicted molar refractivity (Wildman–Crippen MR) is 198 cm³/mol. The largest absolute Gasteiger partial charge is 0.472 e. The minimum absolute atomic E-state index is 0.00358. The summed E-state index contributed by atoms with van der Waals surface area (Å²) in [7, 11) is -4.28. The molecule has 48 heavy (non-hydrogen) atoms. The normalized spacial score (nSPS) is 14.0. The number of phosphoric ester groups is 1. The quantitative estimate of drug-likeness (QED) is 0.0306. The molecule has 1 N–H and O–H groups in total. The molecule has 0 radical (unpaired) electrons. The molecular formula is C39H69O8P. The number of allylic oxidation sites excluding steroid dienone is 8. The van der Waals surface area contributed by atoms with Crippen molar-refractivity contribution in [3.05, 3.63) is 48.6 Å². The summed E-state index contributed by atoms with van der Waals surface area (Å²) in [4.78, 5) is 34.5. The Morgan fingerprint density at radius 3 is 1.60 bits per heavy atom. The van der Waals surface area contributed by atoms with Gasteiger partial charge >= 0.3 is 19.8 Å². The van der Waals surface area contributed by atoms with E-state index in [-0.39, 0.29) is 32.0 Å². The first-order chi connectivity index (χ1) is 23.3. The van der Waals surface area contributed by atoms with E-state index in [4.69, 9.17) is 18.5 Å². The average Bonchev–Trinajstić information content (AvgIpc) is 3.06. The van der Waals surface area contributed by atoms with Gasteiger partial charge in [0.1, 0.15) is 6.61 Å². The number of esters is 2. The third-order valence-corrected chi connectivity index (χ3v) is 8.71. The van der Waals surface area contributed by atoms with Crippen LogP contribution in [0.4, 0.5) is 0 Å². The van der Waals surface area contributed by atoms with E-state index in [1.165, 1.54) is 38.5 Å². The van der Waals surface area contributed by atoms with Gasteiger partial charge in [-0.05, 0) is 58.3 Å². The van der Waals surface area contributed by atoms with Crippen molar-refractivity contribution < 1.29 is 37.6 Å². The fourth-order valence-corrected chi connectivity index (χ4v) is 5.67. The van der Waals surface area contributed by atoms with Gasteiger partial charge in [0.05, 0.1) is 13.2 Å². The lowest BCUT2D eigenvalue weighted by Gasteiger charge is -2.19. The lowest BCUT2D eigenvalue weighted by Crippen LogP contribution is -2.29. The van der Waals surface area contributed by atoms with Crippen molar-refractivity contribution in [3.63, 3.8) is 0 Å². The molecule has 0 fully saturated rings. The van der Waals surface area contributed by atoms with Gasteiger partial charge in [0.15, 0.2) is 6.10 Å². The Balaban J connectivity index is 4.15. The molecule has 0 aliphatic carbocycles. The molecule has 0 aromatic carbocycles. The number of unbranched alkanes of at least 4 members (excludes halogenated alkanes) is 14. The maximum atomic E-state index is 12.5. The Morgan fingerprint density at radius 1 is 0.583 bits per heavy atom. The second-order valence-corrected chi connectivity index (χ2v) is 13.7. The van der Waals surface area contributed by atoms with Gasteiger partial charge in [0.2, 0.25) is 0 Å². The minimum atomic E-state index is -4.28. The first-order valence-electron chi connectivity index (χ1n) is 18.9. The van der Waals surface area contributed by atoms with Gasteiger partial charge in [-0.15, -0.1) is 0 Å². The highest BCUT2D eigenvalue weighted by atomic mass is 31.2. The van der Waals surface area contributed by atoms with Crippen LogP contribution in [0.1, 0.15) is 162 Å². The molecule has 8 nitrogen and oxygen atoms in total. The average molecular weight is 697 g/mol. The SMILES string of the molecule is CC/C=C\C/C=C\C/C=C\C/C=C\CCCCCCCCC(=O)OC(COC(=O)CCCCCCCCCCC)COP(=O)(O)OCC. The number of ether oxygens (including phenoxy) is 2. The summed E-state index contributed by atoms with van der Waals surface area (Å²) < 4.78 is 32.5. The topological polar surface area (TPSA) is 108 Å². The van der Waals surface area contributed by atoms with Crippen LogP contribution in [0.5, 0.6) is 0 Å². The van der Waals surface area contributed by atoms with Crippen LogP contribution in [-0.2, 0) is 32.7 Å². The molecule has 0 saturated carbocycles. The standard InChI is InChI=1S/C39H69O8P/c1-4-7-9-11-13-15-16-17-18-19-20-21-22-23-24-26-28-30-32-34-39(41)47-37(36-46-48(42,43)45-6-3)35-44-38(40)33-31-29-27-25-14-12-10-8-5-2/h7,9,13,15,17-18,20-21,37H,4-6,8,10-12,14,16,19,22-36H2,1-3H3,(H,42,43)/b9-7-,15-13-,18-17-,21-20-. The van der Waals surface area contributed by atoms with Crippen LogP contribution in [-0.4, -0.2) is 42.8 Å². The third-order valence-electron chi connectivity index (χ3n) is 7.65. The van der Waals surface area contributed by atoms with E-state index in [2.05, 4.69) is 62.5 Å². The zero-order chi connectivity index (χ0) is 35.4. The van der Waals surface area contributed by atoms with E-state index < -0.39 is 26.5 Å². The Kier molecular flexibility index (Phi) is 33.4. The first kappa shape index (κ1) is 46.0. The molecule has 0 aliphatic heterocycles. The molecule has 0 bridgehead atoms. The highest BCUT2D eigenvalue weighted by molar-refractivity contribution is 7.47. The van der Waals surface area contributed by atoms with Crippen LogP contribution in [0.25, 0.3) is 0 Å². The minimum Gasteiger partial charge on any atom is -0.462 e. The molecule has 0 spiro atoms. The number of hydrogen-bond acceptors (Lipinski definition) is 7. The van der Waals surface area contributed by atoms with Crippen molar-refractivity contribution in [1.82, 2.24) is 0 Å². The summed E-state index contributed by atoms with van der Waals surface area (Å²) in [6, 6.07) is 0. The maximum Gasteiger partial charge on any atom is 0.472 e. The second kappa shape index (κ2) is 34.9. The van der Waals surface area contributed by atoms with E-state index in [0.29, 0.717) is 6.42 Å². The highest BCUT2D eigenvalue weighted by Crippen LogP contribution is 2.43. The van der Waals surface area contributed by atoms with Crippen LogP contribution >= 0.6 is 7.82 Å². The molecule has 0 heterocycles. The van der Waals surface area contributed by atoms with Crippen LogP contribution < -0.4 is 0 Å². The third kappa shape index (κ3) is 33.9. The molecule has 9 heteroatoms. The van der Waals surface area contributed by atoms with Gasteiger partial charge in [0, 0.05) is 12.8 Å². The molecule has 0 rings (SSSR count).